The van der Waals surface area contributed by atoms with Crippen molar-refractivity contribution in [3.05, 3.63) is 29.8 Å². The molecule has 0 amide bonds. The normalized spacial score (nSPS) is 10.0. The number of rotatable bonds is 5. The van der Waals surface area contributed by atoms with E-state index in [1.54, 1.807) is 0 Å². The summed E-state index contributed by atoms with van der Waals surface area (Å²) < 4.78 is 6.26. The average molecular weight is 271 g/mol. The zero-order valence-electron chi connectivity index (χ0n) is 9.16. The first kappa shape index (κ1) is 12.3. The number of carbonyl (C=O) groups is 1. The summed E-state index contributed by atoms with van der Waals surface area (Å²) in [4.78, 5) is 11.1. The van der Waals surface area contributed by atoms with E-state index in [9.17, 15) is 4.79 Å². The van der Waals surface area contributed by atoms with Crippen LogP contribution < -0.4 is 4.46 Å². The van der Waals surface area contributed by atoms with Crippen LogP contribution in [0.3, 0.4) is 0 Å². The van der Waals surface area contributed by atoms with E-state index in [0.717, 1.165) is 5.32 Å². The van der Waals surface area contributed by atoms with Gasteiger partial charge in [-0.15, -0.1) is 0 Å². The number of ether oxygens (including phenoxy) is 1. The summed E-state index contributed by atoms with van der Waals surface area (Å²) in [7, 11) is 0. The van der Waals surface area contributed by atoms with Gasteiger partial charge < -0.3 is 0 Å². The van der Waals surface area contributed by atoms with E-state index in [4.69, 9.17) is 4.74 Å². The SMILES string of the molecule is CCOC(=O)CC[Se]c1ccccc1C. The van der Waals surface area contributed by atoms with E-state index >= 15 is 0 Å². The summed E-state index contributed by atoms with van der Waals surface area (Å²) in [6, 6.07) is 8.34. The predicted octanol–water partition coefficient (Wildman–Crippen LogP) is 1.70. The van der Waals surface area contributed by atoms with Crippen molar-refractivity contribution in [2.24, 2.45) is 0 Å². The van der Waals surface area contributed by atoms with Crippen molar-refractivity contribution >= 4 is 25.4 Å². The van der Waals surface area contributed by atoms with Crippen LogP contribution in [0, 0.1) is 6.92 Å². The number of carbonyl (C=O) groups excluding carboxylic acids is 1. The first-order valence-corrected chi connectivity index (χ1v) is 7.15. The Bertz CT molecular complexity index is 323. The molecule has 0 atom stereocenters. The van der Waals surface area contributed by atoms with Crippen LogP contribution >= 0.6 is 0 Å². The Kier molecular flexibility index (Phi) is 5.44. The van der Waals surface area contributed by atoms with Crippen LogP contribution in [-0.2, 0) is 9.53 Å². The first-order chi connectivity index (χ1) is 7.24. The molecule has 0 radical (unpaired) electrons. The Labute approximate surface area is 97.2 Å². The van der Waals surface area contributed by atoms with Crippen molar-refractivity contribution in [1.29, 1.82) is 0 Å². The van der Waals surface area contributed by atoms with E-state index in [0.29, 0.717) is 28.0 Å². The van der Waals surface area contributed by atoms with Gasteiger partial charge in [-0.1, -0.05) is 0 Å². The van der Waals surface area contributed by atoms with Gasteiger partial charge >= 0.3 is 96.9 Å². The molecule has 82 valence electrons. The third-order valence-corrected chi connectivity index (χ3v) is 4.43. The second-order valence-electron chi connectivity index (χ2n) is 3.17. The van der Waals surface area contributed by atoms with Crippen molar-refractivity contribution < 1.29 is 9.53 Å². The third-order valence-electron chi connectivity index (χ3n) is 1.96. The maximum absolute atomic E-state index is 11.1. The topological polar surface area (TPSA) is 26.3 Å². The molecule has 2 nitrogen and oxygen atoms in total. The summed E-state index contributed by atoms with van der Waals surface area (Å²) in [5.74, 6) is -0.0760. The molecule has 0 N–H and O–H groups in total. The first-order valence-electron chi connectivity index (χ1n) is 5.08. The van der Waals surface area contributed by atoms with Gasteiger partial charge in [-0.25, -0.2) is 0 Å². The van der Waals surface area contributed by atoms with Gasteiger partial charge in [-0.2, -0.15) is 0 Å². The summed E-state index contributed by atoms with van der Waals surface area (Å²) in [6.07, 6.45) is 0.544. The number of hydrogen-bond acceptors (Lipinski definition) is 2. The standard InChI is InChI=1S/C12H16O2Se/c1-3-14-12(13)8-9-15-11-7-5-4-6-10(11)2/h4-7H,3,8-9H2,1-2H3. The Morgan fingerprint density at radius 1 is 1.40 bits per heavy atom. The fourth-order valence-corrected chi connectivity index (χ4v) is 3.21. The molecule has 0 aliphatic heterocycles. The molecular weight excluding hydrogens is 255 g/mol. The molecule has 0 saturated heterocycles. The number of hydrogen-bond donors (Lipinski definition) is 0. The van der Waals surface area contributed by atoms with E-state index in [2.05, 4.69) is 25.1 Å². The molecule has 0 aliphatic rings. The molecule has 15 heavy (non-hydrogen) atoms. The molecule has 3 heteroatoms. The molecule has 0 fully saturated rings. The van der Waals surface area contributed by atoms with Crippen LogP contribution in [0.5, 0.6) is 0 Å². The fourth-order valence-electron chi connectivity index (χ4n) is 1.20. The third kappa shape index (κ3) is 4.50. The van der Waals surface area contributed by atoms with Crippen LogP contribution in [0.15, 0.2) is 24.3 Å². The molecule has 0 heterocycles. The predicted molar refractivity (Wildman–Crippen MR) is 62.6 cm³/mol. The Morgan fingerprint density at radius 2 is 2.13 bits per heavy atom. The fraction of sp³-hybridized carbons (Fsp3) is 0.417. The van der Waals surface area contributed by atoms with E-state index < -0.39 is 0 Å². The van der Waals surface area contributed by atoms with Crippen molar-refractivity contribution in [1.82, 2.24) is 0 Å². The van der Waals surface area contributed by atoms with E-state index in [-0.39, 0.29) is 5.97 Å². The number of esters is 1. The van der Waals surface area contributed by atoms with Crippen molar-refractivity contribution in [2.75, 3.05) is 6.61 Å². The van der Waals surface area contributed by atoms with Crippen LogP contribution in [-0.4, -0.2) is 27.5 Å². The Morgan fingerprint density at radius 3 is 2.80 bits per heavy atom. The molecule has 1 rings (SSSR count). The summed E-state index contributed by atoms with van der Waals surface area (Å²) in [5, 5.41) is 0.927. The van der Waals surface area contributed by atoms with Crippen LogP contribution in [0.4, 0.5) is 0 Å². The minimum atomic E-state index is -0.0760. The van der Waals surface area contributed by atoms with Gasteiger partial charge in [0, 0.05) is 0 Å². The van der Waals surface area contributed by atoms with Gasteiger partial charge in [-0.3, -0.25) is 0 Å². The van der Waals surface area contributed by atoms with Crippen molar-refractivity contribution in [3.63, 3.8) is 0 Å². The molecule has 0 saturated carbocycles. The average Bonchev–Trinajstić information content (AvgIpc) is 2.21. The van der Waals surface area contributed by atoms with Gasteiger partial charge in [0.25, 0.3) is 0 Å². The van der Waals surface area contributed by atoms with Crippen LogP contribution in [0.1, 0.15) is 18.9 Å². The van der Waals surface area contributed by atoms with Gasteiger partial charge in [0.2, 0.25) is 0 Å². The quantitative estimate of drug-likeness (QED) is 0.602. The van der Waals surface area contributed by atoms with Gasteiger partial charge in [0.15, 0.2) is 0 Å². The molecule has 0 bridgehead atoms. The Hall–Kier alpha value is -0.791. The summed E-state index contributed by atoms with van der Waals surface area (Å²) in [5.41, 5.74) is 1.32. The summed E-state index contributed by atoms with van der Waals surface area (Å²) in [6.45, 7) is 4.43. The second kappa shape index (κ2) is 6.65. The monoisotopic (exact) mass is 272 g/mol. The van der Waals surface area contributed by atoms with Crippen molar-refractivity contribution in [2.45, 2.75) is 25.6 Å². The zero-order chi connectivity index (χ0) is 11.1. The molecular formula is C12H16O2Se. The van der Waals surface area contributed by atoms with Gasteiger partial charge in [-0.05, 0) is 0 Å². The summed E-state index contributed by atoms with van der Waals surface area (Å²) >= 11 is 0.387. The minimum absolute atomic E-state index is 0.0760. The van der Waals surface area contributed by atoms with Crippen LogP contribution in [0.25, 0.3) is 0 Å². The van der Waals surface area contributed by atoms with Gasteiger partial charge in [0.05, 0.1) is 0 Å². The number of benzene rings is 1. The molecule has 0 aromatic heterocycles. The zero-order valence-corrected chi connectivity index (χ0v) is 10.9. The maximum atomic E-state index is 11.1. The number of aryl methyl sites for hydroxylation is 1. The molecule has 1 aromatic carbocycles. The van der Waals surface area contributed by atoms with Gasteiger partial charge in [0.1, 0.15) is 0 Å². The molecule has 1 aromatic rings. The second-order valence-corrected chi connectivity index (χ2v) is 5.55. The molecule has 0 aliphatic carbocycles. The Balaban J connectivity index is 2.32. The van der Waals surface area contributed by atoms with Crippen LogP contribution in [0.2, 0.25) is 5.32 Å². The molecule has 0 spiro atoms. The van der Waals surface area contributed by atoms with E-state index in [1.165, 1.54) is 10.0 Å². The molecule has 0 unspecified atom stereocenters. The van der Waals surface area contributed by atoms with E-state index in [1.807, 2.05) is 13.0 Å². The van der Waals surface area contributed by atoms with Crippen molar-refractivity contribution in [3.8, 4) is 0 Å².